The molecule has 1 unspecified atom stereocenters. The van der Waals surface area contributed by atoms with Gasteiger partial charge in [0.05, 0.1) is 5.41 Å². The van der Waals surface area contributed by atoms with Gasteiger partial charge in [-0.1, -0.05) is 30.7 Å². The molecule has 2 amide bonds. The van der Waals surface area contributed by atoms with Gasteiger partial charge >= 0.3 is 0 Å². The molecule has 0 spiro atoms. The number of pyridine rings is 1. The van der Waals surface area contributed by atoms with Crippen molar-refractivity contribution in [2.24, 2.45) is 11.3 Å². The van der Waals surface area contributed by atoms with Crippen molar-refractivity contribution in [1.29, 1.82) is 0 Å². The number of rotatable bonds is 5. The number of nitrogens with one attached hydrogen (secondary N) is 1. The number of carbonyl (C=O) groups excluding carboxylic acids is 2. The summed E-state index contributed by atoms with van der Waals surface area (Å²) in [6.07, 6.45) is 9.00. The van der Waals surface area contributed by atoms with E-state index in [-0.39, 0.29) is 17.7 Å². The van der Waals surface area contributed by atoms with Crippen LogP contribution in [-0.2, 0) is 16.0 Å². The van der Waals surface area contributed by atoms with Gasteiger partial charge in [0, 0.05) is 38.4 Å². The summed E-state index contributed by atoms with van der Waals surface area (Å²) in [5.41, 5.74) is 2.77. The zero-order valence-electron chi connectivity index (χ0n) is 17.1. The van der Waals surface area contributed by atoms with Gasteiger partial charge in [-0.3, -0.25) is 14.6 Å². The van der Waals surface area contributed by atoms with Gasteiger partial charge in [-0.2, -0.15) is 0 Å². The van der Waals surface area contributed by atoms with Crippen LogP contribution in [0.25, 0.3) is 11.1 Å². The predicted octanol–water partition coefficient (Wildman–Crippen LogP) is 3.45. The fourth-order valence-corrected chi connectivity index (χ4v) is 4.76. The number of nitrogens with zero attached hydrogens (tertiary/aromatic N) is 2. The van der Waals surface area contributed by atoms with E-state index in [0.29, 0.717) is 13.0 Å². The standard InChI is InChI=1S/C24H29N3O2/c1-25-23(29)24(12-5-15-27(17-24)22(28)19-7-4-8-19)16-20-6-2-3-9-21(20)18-10-13-26-14-11-18/h2-3,6,9-11,13-14,19H,4-5,7-8,12,15-17H2,1H3,(H,25,29). The minimum absolute atomic E-state index is 0.0353. The maximum Gasteiger partial charge on any atom is 0.228 e. The van der Waals surface area contributed by atoms with Crippen LogP contribution in [0, 0.1) is 11.3 Å². The Hall–Kier alpha value is -2.69. The largest absolute Gasteiger partial charge is 0.359 e. The van der Waals surface area contributed by atoms with E-state index in [4.69, 9.17) is 0 Å². The first-order valence-electron chi connectivity index (χ1n) is 10.6. The lowest BCUT2D eigenvalue weighted by atomic mass is 9.72. The van der Waals surface area contributed by atoms with Crippen LogP contribution < -0.4 is 5.32 Å². The molecule has 152 valence electrons. The molecule has 2 heterocycles. The summed E-state index contributed by atoms with van der Waals surface area (Å²) in [5, 5.41) is 2.88. The highest BCUT2D eigenvalue weighted by Gasteiger charge is 2.44. The summed E-state index contributed by atoms with van der Waals surface area (Å²) in [4.78, 5) is 32.1. The third-order valence-corrected chi connectivity index (χ3v) is 6.59. The molecular formula is C24H29N3O2. The molecule has 5 heteroatoms. The van der Waals surface area contributed by atoms with Crippen molar-refractivity contribution in [3.8, 4) is 11.1 Å². The van der Waals surface area contributed by atoms with E-state index < -0.39 is 5.41 Å². The monoisotopic (exact) mass is 391 g/mol. The number of hydrogen-bond acceptors (Lipinski definition) is 3. The molecule has 1 N–H and O–H groups in total. The molecule has 1 aromatic heterocycles. The number of hydrogen-bond donors (Lipinski definition) is 1. The Morgan fingerprint density at radius 1 is 1.14 bits per heavy atom. The lowest BCUT2D eigenvalue weighted by Gasteiger charge is -2.43. The van der Waals surface area contributed by atoms with Crippen LogP contribution in [0.5, 0.6) is 0 Å². The highest BCUT2D eigenvalue weighted by Crippen LogP contribution is 2.38. The van der Waals surface area contributed by atoms with E-state index in [2.05, 4.69) is 22.4 Å². The summed E-state index contributed by atoms with van der Waals surface area (Å²) in [7, 11) is 1.70. The molecule has 29 heavy (non-hydrogen) atoms. The fourth-order valence-electron chi connectivity index (χ4n) is 4.76. The molecule has 2 aliphatic rings. The smallest absolute Gasteiger partial charge is 0.228 e. The Morgan fingerprint density at radius 3 is 2.59 bits per heavy atom. The molecule has 0 radical (unpaired) electrons. The lowest BCUT2D eigenvalue weighted by molar-refractivity contribution is -0.146. The molecule has 4 rings (SSSR count). The molecule has 5 nitrogen and oxygen atoms in total. The average molecular weight is 392 g/mol. The third kappa shape index (κ3) is 3.91. The maximum absolute atomic E-state index is 13.1. The summed E-state index contributed by atoms with van der Waals surface area (Å²) in [5.74, 6) is 0.444. The van der Waals surface area contributed by atoms with Gasteiger partial charge in [-0.05, 0) is 60.9 Å². The molecule has 1 aliphatic carbocycles. The second-order valence-corrected chi connectivity index (χ2v) is 8.42. The van der Waals surface area contributed by atoms with Crippen molar-refractivity contribution in [3.05, 3.63) is 54.4 Å². The number of benzene rings is 1. The van der Waals surface area contributed by atoms with Crippen LogP contribution in [0.4, 0.5) is 0 Å². The predicted molar refractivity (Wildman–Crippen MR) is 113 cm³/mol. The molecule has 2 aromatic rings. The minimum Gasteiger partial charge on any atom is -0.359 e. The van der Waals surface area contributed by atoms with E-state index in [1.165, 1.54) is 0 Å². The summed E-state index contributed by atoms with van der Waals surface area (Å²) >= 11 is 0. The topological polar surface area (TPSA) is 62.3 Å². The van der Waals surface area contributed by atoms with E-state index in [9.17, 15) is 9.59 Å². The van der Waals surface area contributed by atoms with E-state index >= 15 is 0 Å². The minimum atomic E-state index is -0.588. The Bertz CT molecular complexity index is 879. The molecule has 1 aromatic carbocycles. The zero-order chi connectivity index (χ0) is 20.3. The van der Waals surface area contributed by atoms with Gasteiger partial charge in [0.15, 0.2) is 0 Å². The highest BCUT2D eigenvalue weighted by molar-refractivity contribution is 5.86. The Balaban J connectivity index is 1.65. The van der Waals surface area contributed by atoms with Gasteiger partial charge in [-0.15, -0.1) is 0 Å². The Labute approximate surface area is 172 Å². The zero-order valence-corrected chi connectivity index (χ0v) is 17.1. The molecule has 2 fully saturated rings. The van der Waals surface area contributed by atoms with Crippen LogP contribution in [0.3, 0.4) is 0 Å². The number of piperidine rings is 1. The first-order chi connectivity index (χ1) is 14.1. The number of amides is 2. The Kier molecular flexibility index (Phi) is 5.65. The quantitative estimate of drug-likeness (QED) is 0.849. The Morgan fingerprint density at radius 2 is 1.90 bits per heavy atom. The molecular weight excluding hydrogens is 362 g/mol. The van der Waals surface area contributed by atoms with E-state index in [1.807, 2.05) is 29.2 Å². The lowest BCUT2D eigenvalue weighted by Crippen LogP contribution is -2.55. The third-order valence-electron chi connectivity index (χ3n) is 6.59. The van der Waals surface area contributed by atoms with Crippen molar-refractivity contribution in [2.45, 2.75) is 38.5 Å². The van der Waals surface area contributed by atoms with E-state index in [0.717, 1.165) is 55.3 Å². The average Bonchev–Trinajstić information content (AvgIpc) is 2.73. The fraction of sp³-hybridized carbons (Fsp3) is 0.458. The normalized spacial score (nSPS) is 22.0. The second-order valence-electron chi connectivity index (χ2n) is 8.42. The number of carbonyl (C=O) groups is 2. The van der Waals surface area contributed by atoms with Crippen molar-refractivity contribution in [3.63, 3.8) is 0 Å². The highest BCUT2D eigenvalue weighted by atomic mass is 16.2. The second kappa shape index (κ2) is 8.36. The summed E-state index contributed by atoms with van der Waals surface area (Å²) in [6.45, 7) is 1.27. The van der Waals surface area contributed by atoms with Crippen LogP contribution in [0.15, 0.2) is 48.8 Å². The summed E-state index contributed by atoms with van der Waals surface area (Å²) in [6, 6.07) is 12.3. The van der Waals surface area contributed by atoms with E-state index in [1.54, 1.807) is 19.4 Å². The maximum atomic E-state index is 13.1. The molecule has 1 saturated heterocycles. The first-order valence-corrected chi connectivity index (χ1v) is 10.6. The first kappa shape index (κ1) is 19.6. The van der Waals surface area contributed by atoms with Crippen LogP contribution in [-0.4, -0.2) is 41.8 Å². The molecule has 1 atom stereocenters. The van der Waals surface area contributed by atoms with Gasteiger partial charge in [0.25, 0.3) is 0 Å². The van der Waals surface area contributed by atoms with Gasteiger partial charge in [0.2, 0.25) is 11.8 Å². The van der Waals surface area contributed by atoms with Gasteiger partial charge in [-0.25, -0.2) is 0 Å². The number of likely N-dealkylation sites (tertiary alicyclic amines) is 1. The summed E-state index contributed by atoms with van der Waals surface area (Å²) < 4.78 is 0. The van der Waals surface area contributed by atoms with Crippen molar-refractivity contribution >= 4 is 11.8 Å². The van der Waals surface area contributed by atoms with Crippen LogP contribution >= 0.6 is 0 Å². The van der Waals surface area contributed by atoms with Crippen molar-refractivity contribution in [2.75, 3.05) is 20.1 Å². The number of aromatic nitrogens is 1. The molecule has 1 saturated carbocycles. The molecule has 1 aliphatic heterocycles. The SMILES string of the molecule is CNC(=O)C1(Cc2ccccc2-c2ccncc2)CCCN(C(=O)C2CCC2)C1. The van der Waals surface area contributed by atoms with Crippen LogP contribution in [0.2, 0.25) is 0 Å². The van der Waals surface area contributed by atoms with Crippen molar-refractivity contribution in [1.82, 2.24) is 15.2 Å². The van der Waals surface area contributed by atoms with Gasteiger partial charge < -0.3 is 10.2 Å². The molecule has 0 bridgehead atoms. The van der Waals surface area contributed by atoms with Crippen LogP contribution in [0.1, 0.15) is 37.7 Å². The van der Waals surface area contributed by atoms with Gasteiger partial charge in [0.1, 0.15) is 0 Å². The van der Waals surface area contributed by atoms with Crippen molar-refractivity contribution < 1.29 is 9.59 Å².